The van der Waals surface area contributed by atoms with Crippen LogP contribution in [0, 0.1) is 5.92 Å². The van der Waals surface area contributed by atoms with Crippen molar-refractivity contribution in [1.82, 2.24) is 5.32 Å². The smallest absolute Gasteiger partial charge is 0.227 e. The summed E-state index contributed by atoms with van der Waals surface area (Å²) < 4.78 is 17.0. The van der Waals surface area contributed by atoms with Crippen molar-refractivity contribution in [1.29, 1.82) is 0 Å². The molecule has 30 heavy (non-hydrogen) atoms. The van der Waals surface area contributed by atoms with Crippen LogP contribution in [0.4, 0.5) is 5.69 Å². The number of carbonyl (C=O) groups is 2. The number of benzene rings is 2. The first kappa shape index (κ1) is 22.0. The van der Waals surface area contributed by atoms with Gasteiger partial charge in [-0.2, -0.15) is 0 Å². The molecular formula is C22H25BrN2O5. The van der Waals surface area contributed by atoms with Crippen molar-refractivity contribution in [2.75, 3.05) is 32.8 Å². The Balaban J connectivity index is 1.72. The third-order valence-electron chi connectivity index (χ3n) is 5.16. The van der Waals surface area contributed by atoms with Gasteiger partial charge in [0.15, 0.2) is 11.5 Å². The van der Waals surface area contributed by atoms with Crippen molar-refractivity contribution in [2.24, 2.45) is 5.92 Å². The number of ether oxygens (including phenoxy) is 3. The van der Waals surface area contributed by atoms with Crippen LogP contribution in [0.2, 0.25) is 0 Å². The average molecular weight is 477 g/mol. The molecule has 0 bridgehead atoms. The first-order chi connectivity index (χ1) is 14.4. The van der Waals surface area contributed by atoms with Crippen LogP contribution in [0.15, 0.2) is 40.9 Å². The van der Waals surface area contributed by atoms with Crippen LogP contribution in [0.5, 0.6) is 17.2 Å². The van der Waals surface area contributed by atoms with Crippen molar-refractivity contribution in [3.63, 3.8) is 0 Å². The van der Waals surface area contributed by atoms with E-state index in [9.17, 15) is 9.59 Å². The molecule has 1 saturated heterocycles. The van der Waals surface area contributed by atoms with Gasteiger partial charge in [-0.25, -0.2) is 0 Å². The lowest BCUT2D eigenvalue weighted by molar-refractivity contribution is -0.126. The van der Waals surface area contributed by atoms with E-state index in [-0.39, 0.29) is 24.3 Å². The van der Waals surface area contributed by atoms with Gasteiger partial charge in [-0.1, -0.05) is 22.0 Å². The van der Waals surface area contributed by atoms with Crippen LogP contribution in [-0.2, 0) is 9.59 Å². The van der Waals surface area contributed by atoms with Gasteiger partial charge in [0.1, 0.15) is 0 Å². The summed E-state index contributed by atoms with van der Waals surface area (Å²) in [6.45, 7) is 2.23. The van der Waals surface area contributed by atoms with E-state index in [2.05, 4.69) is 21.2 Å². The van der Waals surface area contributed by atoms with Crippen molar-refractivity contribution in [3.8, 4) is 17.2 Å². The number of hydrogen-bond donors (Lipinski definition) is 1. The van der Waals surface area contributed by atoms with Crippen LogP contribution in [0.25, 0.3) is 0 Å². The molecule has 1 aliphatic rings. The van der Waals surface area contributed by atoms with E-state index >= 15 is 0 Å². The Kier molecular flexibility index (Phi) is 6.87. The molecular weight excluding hydrogens is 452 g/mol. The summed E-state index contributed by atoms with van der Waals surface area (Å²) in [5.41, 5.74) is 1.59. The summed E-state index contributed by atoms with van der Waals surface area (Å²) >= 11 is 3.42. The van der Waals surface area contributed by atoms with Crippen LogP contribution in [0.1, 0.15) is 24.9 Å². The molecule has 8 heteroatoms. The maximum absolute atomic E-state index is 12.9. The molecule has 2 aromatic rings. The summed E-state index contributed by atoms with van der Waals surface area (Å²) in [6.07, 6.45) is 0.181. The molecule has 0 spiro atoms. The van der Waals surface area contributed by atoms with Gasteiger partial charge in [0.2, 0.25) is 17.6 Å². The highest BCUT2D eigenvalue weighted by Crippen LogP contribution is 2.39. The highest BCUT2D eigenvalue weighted by molar-refractivity contribution is 9.10. The van der Waals surface area contributed by atoms with Crippen LogP contribution >= 0.6 is 15.9 Å². The molecule has 1 aliphatic heterocycles. The zero-order valence-corrected chi connectivity index (χ0v) is 19.0. The van der Waals surface area contributed by atoms with E-state index in [0.29, 0.717) is 23.8 Å². The van der Waals surface area contributed by atoms with E-state index in [1.807, 2.05) is 31.2 Å². The quantitative estimate of drug-likeness (QED) is 0.658. The molecule has 2 amide bonds. The normalized spacial score (nSPS) is 16.9. The van der Waals surface area contributed by atoms with Gasteiger partial charge in [-0.3, -0.25) is 9.59 Å². The van der Waals surface area contributed by atoms with Crippen LogP contribution in [0.3, 0.4) is 0 Å². The average Bonchev–Trinajstić information content (AvgIpc) is 3.14. The standard InChI is InChI=1S/C22H25BrN2O5/c1-13(14-8-18(28-2)21(30-4)19(9-14)29-3)24-22(27)15-10-20(26)25(12-15)17-7-5-6-16(23)11-17/h5-9,11,13,15H,10,12H2,1-4H3,(H,24,27). The van der Waals surface area contributed by atoms with Crippen molar-refractivity contribution < 1.29 is 23.8 Å². The van der Waals surface area contributed by atoms with E-state index in [4.69, 9.17) is 14.2 Å². The molecule has 3 rings (SSSR count). The molecule has 160 valence electrons. The molecule has 0 aliphatic carbocycles. The second-order valence-corrected chi connectivity index (χ2v) is 7.99. The molecule has 0 saturated carbocycles. The summed E-state index contributed by atoms with van der Waals surface area (Å²) in [5, 5.41) is 3.00. The number of hydrogen-bond acceptors (Lipinski definition) is 5. The zero-order valence-electron chi connectivity index (χ0n) is 17.4. The molecule has 1 heterocycles. The van der Waals surface area contributed by atoms with E-state index < -0.39 is 5.92 Å². The predicted octanol–water partition coefficient (Wildman–Crippen LogP) is 3.71. The molecule has 7 nitrogen and oxygen atoms in total. The van der Waals surface area contributed by atoms with Crippen molar-refractivity contribution in [3.05, 3.63) is 46.4 Å². The monoisotopic (exact) mass is 476 g/mol. The number of anilines is 1. The SMILES string of the molecule is COc1cc(C(C)NC(=O)C2CC(=O)N(c3cccc(Br)c3)C2)cc(OC)c1OC. The number of amides is 2. The number of methoxy groups -OCH3 is 3. The second kappa shape index (κ2) is 9.38. The second-order valence-electron chi connectivity index (χ2n) is 7.07. The fraction of sp³-hybridized carbons (Fsp3) is 0.364. The van der Waals surface area contributed by atoms with Gasteiger partial charge in [0.05, 0.1) is 33.3 Å². The summed E-state index contributed by atoms with van der Waals surface area (Å²) in [7, 11) is 4.63. The van der Waals surface area contributed by atoms with Gasteiger partial charge in [-0.15, -0.1) is 0 Å². The molecule has 2 aromatic carbocycles. The maximum atomic E-state index is 12.9. The Morgan fingerprint density at radius 3 is 2.37 bits per heavy atom. The fourth-order valence-corrected chi connectivity index (χ4v) is 3.93. The minimum Gasteiger partial charge on any atom is -0.493 e. The predicted molar refractivity (Wildman–Crippen MR) is 117 cm³/mol. The molecule has 2 atom stereocenters. The number of nitrogens with zero attached hydrogens (tertiary/aromatic N) is 1. The summed E-state index contributed by atoms with van der Waals surface area (Å²) in [5.74, 6) is 0.889. The highest BCUT2D eigenvalue weighted by atomic mass is 79.9. The maximum Gasteiger partial charge on any atom is 0.227 e. The Morgan fingerprint density at radius 2 is 1.80 bits per heavy atom. The fourth-order valence-electron chi connectivity index (χ4n) is 3.54. The van der Waals surface area contributed by atoms with E-state index in [1.54, 1.807) is 38.4 Å². The molecule has 0 aromatic heterocycles. The molecule has 1 fully saturated rings. The Morgan fingerprint density at radius 1 is 1.13 bits per heavy atom. The number of carbonyl (C=O) groups excluding carboxylic acids is 2. The van der Waals surface area contributed by atoms with Gasteiger partial charge in [0.25, 0.3) is 0 Å². The molecule has 2 unspecified atom stereocenters. The minimum absolute atomic E-state index is 0.0614. The largest absolute Gasteiger partial charge is 0.493 e. The summed E-state index contributed by atoms with van der Waals surface area (Å²) in [6, 6.07) is 10.8. The minimum atomic E-state index is -0.416. The topological polar surface area (TPSA) is 77.1 Å². The van der Waals surface area contributed by atoms with Crippen molar-refractivity contribution >= 4 is 33.4 Å². The van der Waals surface area contributed by atoms with Gasteiger partial charge in [-0.05, 0) is 42.8 Å². The number of rotatable bonds is 7. The number of nitrogens with one attached hydrogen (secondary N) is 1. The first-order valence-corrected chi connectivity index (χ1v) is 10.3. The van der Waals surface area contributed by atoms with Crippen LogP contribution < -0.4 is 24.4 Å². The molecule has 1 N–H and O–H groups in total. The third kappa shape index (κ3) is 4.53. The highest BCUT2D eigenvalue weighted by Gasteiger charge is 2.35. The summed E-state index contributed by atoms with van der Waals surface area (Å²) in [4.78, 5) is 27.0. The Bertz CT molecular complexity index is 924. The lowest BCUT2D eigenvalue weighted by Crippen LogP contribution is -2.34. The van der Waals surface area contributed by atoms with Crippen molar-refractivity contribution in [2.45, 2.75) is 19.4 Å². The Hall–Kier alpha value is -2.74. The van der Waals surface area contributed by atoms with E-state index in [1.165, 1.54) is 0 Å². The Labute approximate surface area is 184 Å². The molecule has 0 radical (unpaired) electrons. The van der Waals surface area contributed by atoms with Gasteiger partial charge < -0.3 is 24.4 Å². The van der Waals surface area contributed by atoms with Gasteiger partial charge in [0, 0.05) is 23.1 Å². The zero-order chi connectivity index (χ0) is 21.8. The van der Waals surface area contributed by atoms with E-state index in [0.717, 1.165) is 15.7 Å². The van der Waals surface area contributed by atoms with Gasteiger partial charge >= 0.3 is 0 Å². The number of halogens is 1. The third-order valence-corrected chi connectivity index (χ3v) is 5.65. The first-order valence-electron chi connectivity index (χ1n) is 9.54. The van der Waals surface area contributed by atoms with Crippen LogP contribution in [-0.4, -0.2) is 39.7 Å². The lowest BCUT2D eigenvalue weighted by Gasteiger charge is -2.21. The lowest BCUT2D eigenvalue weighted by atomic mass is 10.0.